The van der Waals surface area contributed by atoms with Crippen LogP contribution in [0.25, 0.3) is 6.08 Å². The van der Waals surface area contributed by atoms with E-state index in [1.807, 2.05) is 24.4 Å². The maximum Gasteiger partial charge on any atom is 0.231 e. The van der Waals surface area contributed by atoms with Crippen molar-refractivity contribution in [3.63, 3.8) is 0 Å². The molecule has 1 atom stereocenters. The standard InChI is InChI=1S/C28H25BrN2O5/c29-20-10-18(27-19(11-20)15-34-16-35-27)12-25-26(33)21-6-7-24(32)22(28(21)36-25)14-31-9-2-1-5-23(31)17-4-3-8-30-13-17/h3-4,6-8,10-13,23,32H,1-2,5,9,14-16H2/b25-12-/t23-/m0/s1. The lowest BCUT2D eigenvalue weighted by Gasteiger charge is -2.36. The minimum Gasteiger partial charge on any atom is -0.507 e. The number of hydrogen-bond donors (Lipinski definition) is 1. The van der Waals surface area contributed by atoms with Gasteiger partial charge in [-0.05, 0) is 61.4 Å². The fourth-order valence-corrected chi connectivity index (χ4v) is 5.76. The van der Waals surface area contributed by atoms with E-state index in [1.165, 1.54) is 0 Å². The van der Waals surface area contributed by atoms with E-state index in [4.69, 9.17) is 14.2 Å². The molecule has 0 amide bonds. The molecule has 0 bridgehead atoms. The van der Waals surface area contributed by atoms with Gasteiger partial charge in [-0.3, -0.25) is 14.7 Å². The van der Waals surface area contributed by atoms with Crippen LogP contribution in [0.2, 0.25) is 0 Å². The Balaban J connectivity index is 1.34. The molecule has 4 heterocycles. The Morgan fingerprint density at radius 3 is 2.97 bits per heavy atom. The number of likely N-dealkylation sites (tertiary alicyclic amines) is 1. The quantitative estimate of drug-likeness (QED) is 0.415. The number of nitrogens with zero attached hydrogens (tertiary/aromatic N) is 2. The van der Waals surface area contributed by atoms with Gasteiger partial charge >= 0.3 is 0 Å². The fraction of sp³-hybridized carbons (Fsp3) is 0.286. The number of aromatic nitrogens is 1. The van der Waals surface area contributed by atoms with Gasteiger partial charge in [0, 0.05) is 40.6 Å². The van der Waals surface area contributed by atoms with Crippen LogP contribution in [-0.2, 0) is 17.9 Å². The first-order valence-electron chi connectivity index (χ1n) is 12.0. The summed E-state index contributed by atoms with van der Waals surface area (Å²) in [5.41, 5.74) is 3.87. The smallest absolute Gasteiger partial charge is 0.231 e. The molecule has 1 saturated heterocycles. The van der Waals surface area contributed by atoms with Crippen LogP contribution >= 0.6 is 15.9 Å². The van der Waals surface area contributed by atoms with Crippen molar-refractivity contribution in [3.05, 3.63) is 86.8 Å². The van der Waals surface area contributed by atoms with Crippen LogP contribution in [0.5, 0.6) is 17.2 Å². The maximum atomic E-state index is 13.3. The molecule has 0 saturated carbocycles. The summed E-state index contributed by atoms with van der Waals surface area (Å²) in [7, 11) is 0. The first kappa shape index (κ1) is 23.2. The number of pyridine rings is 1. The summed E-state index contributed by atoms with van der Waals surface area (Å²) in [6.07, 6.45) is 8.63. The van der Waals surface area contributed by atoms with Crippen molar-refractivity contribution in [1.29, 1.82) is 0 Å². The van der Waals surface area contributed by atoms with Gasteiger partial charge in [0.1, 0.15) is 17.2 Å². The number of rotatable bonds is 4. The second kappa shape index (κ2) is 9.69. The Labute approximate surface area is 217 Å². The summed E-state index contributed by atoms with van der Waals surface area (Å²) in [5, 5.41) is 10.8. The Morgan fingerprint density at radius 1 is 1.19 bits per heavy atom. The molecule has 36 heavy (non-hydrogen) atoms. The van der Waals surface area contributed by atoms with Crippen molar-refractivity contribution in [1.82, 2.24) is 9.88 Å². The molecule has 0 radical (unpaired) electrons. The van der Waals surface area contributed by atoms with Gasteiger partial charge < -0.3 is 19.3 Å². The number of aromatic hydroxyl groups is 1. The zero-order chi connectivity index (χ0) is 24.6. The Hall–Kier alpha value is -3.20. The van der Waals surface area contributed by atoms with Gasteiger partial charge in [-0.15, -0.1) is 0 Å². The number of ketones is 1. The summed E-state index contributed by atoms with van der Waals surface area (Å²) in [4.78, 5) is 20.0. The number of hydrogen-bond acceptors (Lipinski definition) is 7. The highest BCUT2D eigenvalue weighted by Gasteiger charge is 2.34. The van der Waals surface area contributed by atoms with Gasteiger partial charge in [0.25, 0.3) is 0 Å². The van der Waals surface area contributed by atoms with Gasteiger partial charge in [-0.2, -0.15) is 0 Å². The molecule has 1 aromatic heterocycles. The van der Waals surface area contributed by atoms with Crippen LogP contribution in [0, 0.1) is 0 Å². The molecule has 3 aliphatic rings. The van der Waals surface area contributed by atoms with E-state index >= 15 is 0 Å². The number of piperidine rings is 1. The number of allylic oxidation sites excluding steroid dienone is 1. The zero-order valence-electron chi connectivity index (χ0n) is 19.6. The monoisotopic (exact) mass is 548 g/mol. The molecule has 0 spiro atoms. The Bertz CT molecular complexity index is 1360. The minimum absolute atomic E-state index is 0.124. The number of Topliss-reactive ketones (excluding diaryl/α,β-unsaturated/α-hetero) is 1. The SMILES string of the molecule is O=C1/C(=C/c2cc(Br)cc3c2OCOC3)Oc2c1ccc(O)c2CN1CCCC[C@H]1c1cccnc1. The predicted molar refractivity (Wildman–Crippen MR) is 137 cm³/mol. The number of ether oxygens (including phenoxy) is 3. The molecule has 1 fully saturated rings. The lowest BCUT2D eigenvalue weighted by molar-refractivity contribution is -0.0165. The molecule has 3 aromatic rings. The highest BCUT2D eigenvalue weighted by Crippen LogP contribution is 2.43. The number of phenolic OH excluding ortho intramolecular Hbond substituents is 1. The molecule has 1 N–H and O–H groups in total. The van der Waals surface area contributed by atoms with Crippen LogP contribution in [0.3, 0.4) is 0 Å². The van der Waals surface area contributed by atoms with Gasteiger partial charge in [0.2, 0.25) is 5.78 Å². The van der Waals surface area contributed by atoms with Gasteiger partial charge in [0.15, 0.2) is 12.6 Å². The van der Waals surface area contributed by atoms with E-state index in [0.717, 1.165) is 47.0 Å². The molecular formula is C28H25BrN2O5. The van der Waals surface area contributed by atoms with Crippen LogP contribution in [0.1, 0.15) is 57.9 Å². The molecule has 7 nitrogen and oxygen atoms in total. The summed E-state index contributed by atoms with van der Waals surface area (Å²) in [6, 6.07) is 11.3. The van der Waals surface area contributed by atoms with Crippen LogP contribution in [0.15, 0.2) is 59.0 Å². The van der Waals surface area contributed by atoms with Crippen molar-refractivity contribution >= 4 is 27.8 Å². The molecule has 0 aliphatic carbocycles. The number of benzene rings is 2. The van der Waals surface area contributed by atoms with Crippen molar-refractivity contribution in [2.75, 3.05) is 13.3 Å². The highest BCUT2D eigenvalue weighted by molar-refractivity contribution is 9.10. The molecule has 184 valence electrons. The summed E-state index contributed by atoms with van der Waals surface area (Å²) in [5.74, 6) is 1.22. The third kappa shape index (κ3) is 4.30. The third-order valence-corrected chi connectivity index (χ3v) is 7.41. The minimum atomic E-state index is -0.213. The Kier molecular flexibility index (Phi) is 6.25. The number of fused-ring (bicyclic) bond motifs is 2. The zero-order valence-corrected chi connectivity index (χ0v) is 21.2. The largest absolute Gasteiger partial charge is 0.507 e. The lowest BCUT2D eigenvalue weighted by Crippen LogP contribution is -2.33. The summed E-state index contributed by atoms with van der Waals surface area (Å²) >= 11 is 3.53. The van der Waals surface area contributed by atoms with Crippen molar-refractivity contribution in [2.24, 2.45) is 0 Å². The van der Waals surface area contributed by atoms with Crippen LogP contribution in [0.4, 0.5) is 0 Å². The van der Waals surface area contributed by atoms with E-state index in [-0.39, 0.29) is 30.1 Å². The number of carbonyl (C=O) groups is 1. The molecule has 2 aromatic carbocycles. The number of carbonyl (C=O) groups excluding carboxylic acids is 1. The van der Waals surface area contributed by atoms with Crippen LogP contribution < -0.4 is 9.47 Å². The van der Waals surface area contributed by atoms with Gasteiger partial charge in [-0.1, -0.05) is 28.4 Å². The highest BCUT2D eigenvalue weighted by atomic mass is 79.9. The normalized spacial score (nSPS) is 20.5. The lowest BCUT2D eigenvalue weighted by atomic mass is 9.95. The molecule has 3 aliphatic heterocycles. The summed E-state index contributed by atoms with van der Waals surface area (Å²) in [6.45, 7) is 1.96. The first-order valence-corrected chi connectivity index (χ1v) is 12.8. The van der Waals surface area contributed by atoms with Crippen molar-refractivity contribution in [3.8, 4) is 17.2 Å². The second-order valence-corrected chi connectivity index (χ2v) is 10.2. The topological polar surface area (TPSA) is 81.1 Å². The van der Waals surface area contributed by atoms with E-state index in [0.29, 0.717) is 35.8 Å². The van der Waals surface area contributed by atoms with Crippen molar-refractivity contribution < 1.29 is 24.1 Å². The predicted octanol–water partition coefficient (Wildman–Crippen LogP) is 5.76. The number of phenols is 1. The fourth-order valence-electron chi connectivity index (χ4n) is 5.24. The maximum absolute atomic E-state index is 13.3. The van der Waals surface area contributed by atoms with E-state index in [2.05, 4.69) is 31.9 Å². The average Bonchev–Trinajstić information content (AvgIpc) is 3.21. The van der Waals surface area contributed by atoms with E-state index < -0.39 is 0 Å². The van der Waals surface area contributed by atoms with E-state index in [9.17, 15) is 9.90 Å². The van der Waals surface area contributed by atoms with Crippen LogP contribution in [-0.4, -0.2) is 34.1 Å². The second-order valence-electron chi connectivity index (χ2n) is 9.24. The molecule has 6 rings (SSSR count). The van der Waals surface area contributed by atoms with Crippen molar-refractivity contribution in [2.45, 2.75) is 38.5 Å². The number of halogens is 1. The molecule has 8 heteroatoms. The molecule has 0 unspecified atom stereocenters. The average molecular weight is 549 g/mol. The summed E-state index contributed by atoms with van der Waals surface area (Å²) < 4.78 is 18.1. The van der Waals surface area contributed by atoms with Gasteiger partial charge in [0.05, 0.1) is 17.7 Å². The molecular weight excluding hydrogens is 524 g/mol. The first-order chi connectivity index (χ1) is 17.6. The van der Waals surface area contributed by atoms with Gasteiger partial charge in [-0.25, -0.2) is 0 Å². The van der Waals surface area contributed by atoms with E-state index in [1.54, 1.807) is 24.4 Å². The third-order valence-electron chi connectivity index (χ3n) is 6.95. The Morgan fingerprint density at radius 2 is 2.11 bits per heavy atom.